The summed E-state index contributed by atoms with van der Waals surface area (Å²) in [6.45, 7) is 5.51. The molecule has 0 saturated heterocycles. The predicted molar refractivity (Wildman–Crippen MR) is 115 cm³/mol. The van der Waals surface area contributed by atoms with Crippen LogP contribution in [0.3, 0.4) is 0 Å². The molecule has 1 amide bonds. The molecule has 3 nitrogen and oxygen atoms in total. The zero-order valence-electron chi connectivity index (χ0n) is 16.5. The lowest BCUT2D eigenvalue weighted by Crippen LogP contribution is -2.40. The fraction of sp³-hybridized carbons (Fsp3) is 0.292. The summed E-state index contributed by atoms with van der Waals surface area (Å²) in [4.78, 5) is 15.1. The Morgan fingerprint density at radius 3 is 2.29 bits per heavy atom. The van der Waals surface area contributed by atoms with Crippen LogP contribution in [-0.4, -0.2) is 21.4 Å². The summed E-state index contributed by atoms with van der Waals surface area (Å²) >= 11 is 6.56. The summed E-state index contributed by atoms with van der Waals surface area (Å²) in [5.41, 5.74) is 3.18. The Hall–Kier alpha value is -2.52. The van der Waals surface area contributed by atoms with Crippen molar-refractivity contribution in [1.29, 1.82) is 0 Å². The Bertz CT molecular complexity index is 876. The second-order valence-electron chi connectivity index (χ2n) is 7.11. The summed E-state index contributed by atoms with van der Waals surface area (Å²) in [7, 11) is 0. The standard InChI is InChI=1S/C24H27ClN2O/c1-3-19(2)27(24(28)23(25)21-13-8-5-9-14-21)18-22-15-10-16-26(22)17-20-11-6-4-7-12-20/h4-16,19,23H,3,17-18H2,1-2H3/t19-,23+/m0/s1. The predicted octanol–water partition coefficient (Wildman–Crippen LogP) is 5.64. The van der Waals surface area contributed by atoms with Gasteiger partial charge < -0.3 is 9.47 Å². The van der Waals surface area contributed by atoms with E-state index in [0.29, 0.717) is 6.54 Å². The second-order valence-corrected chi connectivity index (χ2v) is 7.55. The van der Waals surface area contributed by atoms with E-state index >= 15 is 0 Å². The Kier molecular flexibility index (Phi) is 6.94. The lowest BCUT2D eigenvalue weighted by atomic mass is 10.1. The van der Waals surface area contributed by atoms with E-state index in [0.717, 1.165) is 24.2 Å². The first-order chi connectivity index (χ1) is 13.6. The van der Waals surface area contributed by atoms with E-state index in [2.05, 4.69) is 42.8 Å². The molecule has 3 aromatic rings. The molecule has 0 fully saturated rings. The quantitative estimate of drug-likeness (QED) is 0.453. The number of hydrogen-bond donors (Lipinski definition) is 0. The van der Waals surface area contributed by atoms with Gasteiger partial charge in [0.05, 0.1) is 6.54 Å². The van der Waals surface area contributed by atoms with Crippen molar-refractivity contribution in [2.45, 2.75) is 44.8 Å². The van der Waals surface area contributed by atoms with Crippen LogP contribution in [0.15, 0.2) is 79.0 Å². The average Bonchev–Trinajstić information content (AvgIpc) is 3.18. The van der Waals surface area contributed by atoms with Gasteiger partial charge in [0.2, 0.25) is 5.91 Å². The van der Waals surface area contributed by atoms with Crippen molar-refractivity contribution in [3.8, 4) is 0 Å². The molecule has 0 aliphatic carbocycles. The van der Waals surface area contributed by atoms with Crippen molar-refractivity contribution < 1.29 is 4.79 Å². The van der Waals surface area contributed by atoms with Crippen LogP contribution in [0.5, 0.6) is 0 Å². The van der Waals surface area contributed by atoms with Crippen LogP contribution in [0, 0.1) is 0 Å². The van der Waals surface area contributed by atoms with Gasteiger partial charge in [0.1, 0.15) is 5.38 Å². The molecule has 0 spiro atoms. The maximum Gasteiger partial charge on any atom is 0.245 e. The number of aromatic nitrogens is 1. The monoisotopic (exact) mass is 394 g/mol. The Morgan fingerprint density at radius 2 is 1.64 bits per heavy atom. The van der Waals surface area contributed by atoms with Gasteiger partial charge in [-0.15, -0.1) is 11.6 Å². The van der Waals surface area contributed by atoms with Crippen molar-refractivity contribution in [2.75, 3.05) is 0 Å². The number of alkyl halides is 1. The van der Waals surface area contributed by atoms with Gasteiger partial charge in [-0.05, 0) is 36.6 Å². The third kappa shape index (κ3) is 4.85. The van der Waals surface area contributed by atoms with E-state index in [1.54, 1.807) is 0 Å². The number of rotatable bonds is 8. The highest BCUT2D eigenvalue weighted by atomic mass is 35.5. The molecular formula is C24H27ClN2O. The van der Waals surface area contributed by atoms with Gasteiger partial charge >= 0.3 is 0 Å². The van der Waals surface area contributed by atoms with Gasteiger partial charge in [-0.1, -0.05) is 67.6 Å². The molecule has 0 unspecified atom stereocenters. The van der Waals surface area contributed by atoms with Gasteiger partial charge in [0, 0.05) is 24.5 Å². The number of halogens is 1. The summed E-state index contributed by atoms with van der Waals surface area (Å²) in [5, 5.41) is -0.673. The zero-order valence-corrected chi connectivity index (χ0v) is 17.2. The van der Waals surface area contributed by atoms with Gasteiger partial charge in [-0.2, -0.15) is 0 Å². The molecule has 1 heterocycles. The third-order valence-corrected chi connectivity index (χ3v) is 5.61. The molecule has 0 aliphatic rings. The van der Waals surface area contributed by atoms with E-state index in [1.165, 1.54) is 5.56 Å². The summed E-state index contributed by atoms with van der Waals surface area (Å²) in [6, 6.07) is 24.1. The number of amides is 1. The lowest BCUT2D eigenvalue weighted by molar-refractivity contribution is -0.133. The maximum atomic E-state index is 13.2. The SMILES string of the molecule is CC[C@H](C)N(Cc1cccn1Cc1ccccc1)C(=O)[C@H](Cl)c1ccccc1. The molecule has 0 N–H and O–H groups in total. The Labute approximate surface area is 172 Å². The number of hydrogen-bond acceptors (Lipinski definition) is 1. The third-order valence-electron chi connectivity index (χ3n) is 5.17. The number of benzene rings is 2. The van der Waals surface area contributed by atoms with Crippen molar-refractivity contribution >= 4 is 17.5 Å². The minimum absolute atomic E-state index is 0.0466. The first kappa shape index (κ1) is 20.2. The molecule has 0 aliphatic heterocycles. The van der Waals surface area contributed by atoms with E-state index in [9.17, 15) is 4.79 Å². The molecule has 0 bridgehead atoms. The molecule has 2 atom stereocenters. The number of carbonyl (C=O) groups excluding carboxylic acids is 1. The summed E-state index contributed by atoms with van der Waals surface area (Å²) < 4.78 is 2.20. The van der Waals surface area contributed by atoms with Crippen LogP contribution in [-0.2, 0) is 17.9 Å². The van der Waals surface area contributed by atoms with Crippen molar-refractivity contribution in [3.05, 3.63) is 95.8 Å². The average molecular weight is 395 g/mol. The molecule has 4 heteroatoms. The zero-order chi connectivity index (χ0) is 19.9. The van der Waals surface area contributed by atoms with Gasteiger partial charge in [0.15, 0.2) is 0 Å². The first-order valence-electron chi connectivity index (χ1n) is 9.77. The molecular weight excluding hydrogens is 368 g/mol. The molecule has 2 aromatic carbocycles. The Morgan fingerprint density at radius 1 is 1.00 bits per heavy atom. The smallest absolute Gasteiger partial charge is 0.245 e. The molecule has 0 saturated carbocycles. The molecule has 28 heavy (non-hydrogen) atoms. The molecule has 146 valence electrons. The minimum atomic E-state index is -0.673. The van der Waals surface area contributed by atoms with Crippen LogP contribution in [0.1, 0.15) is 42.5 Å². The Balaban J connectivity index is 1.80. The highest BCUT2D eigenvalue weighted by molar-refractivity contribution is 6.30. The van der Waals surface area contributed by atoms with Crippen LogP contribution in [0.25, 0.3) is 0 Å². The van der Waals surface area contributed by atoms with Crippen molar-refractivity contribution in [3.63, 3.8) is 0 Å². The van der Waals surface area contributed by atoms with Crippen LogP contribution in [0.2, 0.25) is 0 Å². The fourth-order valence-corrected chi connectivity index (χ4v) is 3.55. The molecule has 1 aromatic heterocycles. The maximum absolute atomic E-state index is 13.2. The van der Waals surface area contributed by atoms with Crippen LogP contribution < -0.4 is 0 Å². The normalized spacial score (nSPS) is 13.1. The highest BCUT2D eigenvalue weighted by Crippen LogP contribution is 2.26. The van der Waals surface area contributed by atoms with E-state index < -0.39 is 5.38 Å². The van der Waals surface area contributed by atoms with Gasteiger partial charge in [-0.25, -0.2) is 0 Å². The summed E-state index contributed by atoms with van der Waals surface area (Å²) in [6.07, 6.45) is 2.94. The number of nitrogens with zero attached hydrogens (tertiary/aromatic N) is 2. The van der Waals surface area contributed by atoms with Gasteiger partial charge in [0.25, 0.3) is 0 Å². The summed E-state index contributed by atoms with van der Waals surface area (Å²) in [5.74, 6) is -0.0466. The van der Waals surface area contributed by atoms with Crippen LogP contribution in [0.4, 0.5) is 0 Å². The topological polar surface area (TPSA) is 25.2 Å². The fourth-order valence-electron chi connectivity index (χ4n) is 3.28. The van der Waals surface area contributed by atoms with Crippen molar-refractivity contribution in [2.24, 2.45) is 0 Å². The van der Waals surface area contributed by atoms with Crippen molar-refractivity contribution in [1.82, 2.24) is 9.47 Å². The highest BCUT2D eigenvalue weighted by Gasteiger charge is 2.27. The lowest BCUT2D eigenvalue weighted by Gasteiger charge is -2.31. The number of carbonyl (C=O) groups is 1. The second kappa shape index (κ2) is 9.61. The van der Waals surface area contributed by atoms with Crippen LogP contribution >= 0.6 is 11.6 Å². The van der Waals surface area contributed by atoms with E-state index in [1.807, 2.05) is 59.5 Å². The first-order valence-corrected chi connectivity index (χ1v) is 10.2. The largest absolute Gasteiger partial charge is 0.345 e. The van der Waals surface area contributed by atoms with E-state index in [4.69, 9.17) is 11.6 Å². The van der Waals surface area contributed by atoms with Gasteiger partial charge in [-0.3, -0.25) is 4.79 Å². The molecule has 0 radical (unpaired) electrons. The van der Waals surface area contributed by atoms with E-state index in [-0.39, 0.29) is 11.9 Å². The minimum Gasteiger partial charge on any atom is -0.345 e. The molecule has 3 rings (SSSR count).